The van der Waals surface area contributed by atoms with Crippen molar-refractivity contribution in [3.8, 4) is 5.69 Å². The van der Waals surface area contributed by atoms with Gasteiger partial charge < -0.3 is 14.2 Å². The third-order valence-electron chi connectivity index (χ3n) is 3.43. The van der Waals surface area contributed by atoms with E-state index in [1.54, 1.807) is 12.1 Å². The third kappa shape index (κ3) is 3.49. The number of esters is 3. The van der Waals surface area contributed by atoms with Crippen molar-refractivity contribution in [2.45, 2.75) is 26.1 Å². The van der Waals surface area contributed by atoms with Crippen molar-refractivity contribution in [1.29, 1.82) is 0 Å². The van der Waals surface area contributed by atoms with E-state index < -0.39 is 30.1 Å². The zero-order valence-corrected chi connectivity index (χ0v) is 13.5. The van der Waals surface area contributed by atoms with Crippen molar-refractivity contribution in [3.05, 3.63) is 41.7 Å². The molecule has 9 heteroatoms. The van der Waals surface area contributed by atoms with E-state index in [0.717, 1.165) is 0 Å². The number of benzene rings is 1. The van der Waals surface area contributed by atoms with Crippen LogP contribution in [0, 0.1) is 0 Å². The molecule has 0 radical (unpaired) electrons. The minimum atomic E-state index is -1.01. The number of fused-ring (bicyclic) bond motifs is 1. The average Bonchev–Trinajstić information content (AvgIpc) is 3.13. The van der Waals surface area contributed by atoms with E-state index in [9.17, 15) is 14.4 Å². The highest BCUT2D eigenvalue weighted by Gasteiger charge is 2.43. The fourth-order valence-corrected chi connectivity index (χ4v) is 2.41. The molecule has 130 valence electrons. The Morgan fingerprint density at radius 3 is 2.56 bits per heavy atom. The largest absolute Gasteiger partial charge is 0.462 e. The highest BCUT2D eigenvalue weighted by atomic mass is 16.6. The van der Waals surface area contributed by atoms with E-state index in [4.69, 9.17) is 14.2 Å². The number of rotatable bonds is 5. The lowest BCUT2D eigenvalue weighted by Gasteiger charge is -2.21. The molecular weight excluding hydrogens is 330 g/mol. The molecule has 2 unspecified atom stereocenters. The maximum absolute atomic E-state index is 12.1. The van der Waals surface area contributed by atoms with Gasteiger partial charge in [0.25, 0.3) is 0 Å². The first-order chi connectivity index (χ1) is 12.0. The predicted octanol–water partition coefficient (Wildman–Crippen LogP) is 0.974. The van der Waals surface area contributed by atoms with Gasteiger partial charge in [-0.25, -0.2) is 4.79 Å². The first-order valence-electron chi connectivity index (χ1n) is 7.50. The topological polar surface area (TPSA) is 110 Å². The molecule has 2 heterocycles. The number of carbonyl (C=O) groups is 3. The lowest BCUT2D eigenvalue weighted by atomic mass is 10.1. The standard InChI is InChI=1S/C16H15N3O6/c1-9(20)23-8-12(24-10(2)21)15-13-14(16(22)25-15)18-19(17-13)11-6-4-3-5-7-11/h3-7,12,15H,8H2,1-2H3. The quantitative estimate of drug-likeness (QED) is 0.582. The van der Waals surface area contributed by atoms with Gasteiger partial charge in [0.05, 0.1) is 5.69 Å². The number of carbonyl (C=O) groups excluding carboxylic acids is 3. The summed E-state index contributed by atoms with van der Waals surface area (Å²) in [4.78, 5) is 35.7. The van der Waals surface area contributed by atoms with E-state index >= 15 is 0 Å². The van der Waals surface area contributed by atoms with Gasteiger partial charge >= 0.3 is 17.9 Å². The van der Waals surface area contributed by atoms with Gasteiger partial charge in [0.15, 0.2) is 17.9 Å². The first-order valence-corrected chi connectivity index (χ1v) is 7.50. The van der Waals surface area contributed by atoms with Crippen LogP contribution in [0.5, 0.6) is 0 Å². The summed E-state index contributed by atoms with van der Waals surface area (Å²) in [6, 6.07) is 9.01. The Bertz CT molecular complexity index is 817. The lowest BCUT2D eigenvalue weighted by Crippen LogP contribution is -2.31. The van der Waals surface area contributed by atoms with Crippen molar-refractivity contribution in [2.24, 2.45) is 0 Å². The van der Waals surface area contributed by atoms with Crippen LogP contribution < -0.4 is 0 Å². The monoisotopic (exact) mass is 345 g/mol. The summed E-state index contributed by atoms with van der Waals surface area (Å²) in [6.45, 7) is 2.17. The Hall–Kier alpha value is -3.23. The average molecular weight is 345 g/mol. The van der Waals surface area contributed by atoms with Crippen LogP contribution in [0.25, 0.3) is 5.69 Å². The molecule has 0 saturated carbocycles. The van der Waals surface area contributed by atoms with Crippen LogP contribution in [0.2, 0.25) is 0 Å². The van der Waals surface area contributed by atoms with Gasteiger partial charge in [-0.1, -0.05) is 18.2 Å². The van der Waals surface area contributed by atoms with Crippen molar-refractivity contribution >= 4 is 17.9 Å². The molecule has 0 N–H and O–H groups in total. The van der Waals surface area contributed by atoms with Crippen LogP contribution in [-0.4, -0.2) is 45.6 Å². The number of nitrogens with zero attached hydrogens (tertiary/aromatic N) is 3. The zero-order valence-electron chi connectivity index (χ0n) is 13.5. The number of cyclic esters (lactones) is 1. The molecule has 1 aromatic heterocycles. The summed E-state index contributed by atoms with van der Waals surface area (Å²) in [7, 11) is 0. The summed E-state index contributed by atoms with van der Waals surface area (Å²) in [5.74, 6) is -1.83. The fraction of sp³-hybridized carbons (Fsp3) is 0.312. The molecule has 0 fully saturated rings. The van der Waals surface area contributed by atoms with Crippen molar-refractivity contribution in [1.82, 2.24) is 15.0 Å². The van der Waals surface area contributed by atoms with Crippen LogP contribution in [0.1, 0.15) is 36.1 Å². The molecule has 0 saturated heterocycles. The molecule has 9 nitrogen and oxygen atoms in total. The Kier molecular flexibility index (Phi) is 4.46. The van der Waals surface area contributed by atoms with Gasteiger partial charge in [-0.2, -0.15) is 4.80 Å². The molecule has 0 aliphatic carbocycles. The molecule has 0 amide bonds. The number of para-hydroxylation sites is 1. The van der Waals surface area contributed by atoms with Crippen LogP contribution >= 0.6 is 0 Å². The fourth-order valence-electron chi connectivity index (χ4n) is 2.41. The minimum absolute atomic E-state index is 0.0360. The van der Waals surface area contributed by atoms with Crippen LogP contribution in [0.15, 0.2) is 30.3 Å². The maximum Gasteiger partial charge on any atom is 0.361 e. The number of hydrogen-bond donors (Lipinski definition) is 0. The molecule has 2 atom stereocenters. The van der Waals surface area contributed by atoms with Crippen molar-refractivity contribution < 1.29 is 28.6 Å². The second-order valence-corrected chi connectivity index (χ2v) is 5.34. The molecule has 3 rings (SSSR count). The first kappa shape index (κ1) is 16.6. The Labute approximate surface area is 142 Å². The van der Waals surface area contributed by atoms with E-state index in [1.807, 2.05) is 18.2 Å². The van der Waals surface area contributed by atoms with Crippen LogP contribution in [0.3, 0.4) is 0 Å². The maximum atomic E-state index is 12.1. The van der Waals surface area contributed by atoms with E-state index in [0.29, 0.717) is 5.69 Å². The summed E-state index contributed by atoms with van der Waals surface area (Å²) < 4.78 is 15.2. The normalized spacial score (nSPS) is 16.7. The molecule has 0 bridgehead atoms. The van der Waals surface area contributed by atoms with Gasteiger partial charge in [-0.15, -0.1) is 10.2 Å². The molecular formula is C16H15N3O6. The molecule has 1 aliphatic rings. The summed E-state index contributed by atoms with van der Waals surface area (Å²) in [6.07, 6.45) is -2.00. The second kappa shape index (κ2) is 6.71. The zero-order chi connectivity index (χ0) is 18.0. The van der Waals surface area contributed by atoms with Crippen LogP contribution in [-0.2, 0) is 23.8 Å². The predicted molar refractivity (Wildman–Crippen MR) is 81.7 cm³/mol. The second-order valence-electron chi connectivity index (χ2n) is 5.34. The Morgan fingerprint density at radius 1 is 1.20 bits per heavy atom. The van der Waals surface area contributed by atoms with Crippen LogP contribution in [0.4, 0.5) is 0 Å². The SMILES string of the molecule is CC(=O)OCC(OC(C)=O)C1OC(=O)c2nn(-c3ccccc3)nc21. The van der Waals surface area contributed by atoms with Crippen molar-refractivity contribution in [3.63, 3.8) is 0 Å². The van der Waals surface area contributed by atoms with Gasteiger partial charge in [0, 0.05) is 13.8 Å². The van der Waals surface area contributed by atoms with Crippen molar-refractivity contribution in [2.75, 3.05) is 6.61 Å². The Morgan fingerprint density at radius 2 is 1.92 bits per heavy atom. The van der Waals surface area contributed by atoms with Gasteiger partial charge in [-0.05, 0) is 12.1 Å². The third-order valence-corrected chi connectivity index (χ3v) is 3.43. The molecule has 1 aliphatic heterocycles. The Balaban J connectivity index is 1.91. The van der Waals surface area contributed by atoms with Gasteiger partial charge in [0.1, 0.15) is 12.3 Å². The lowest BCUT2D eigenvalue weighted by molar-refractivity contribution is -0.163. The van der Waals surface area contributed by atoms with E-state index in [2.05, 4.69) is 10.2 Å². The van der Waals surface area contributed by atoms with E-state index in [-0.39, 0.29) is 18.0 Å². The minimum Gasteiger partial charge on any atom is -0.462 e. The molecule has 25 heavy (non-hydrogen) atoms. The molecule has 1 aromatic carbocycles. The highest BCUT2D eigenvalue weighted by Crippen LogP contribution is 2.32. The van der Waals surface area contributed by atoms with Gasteiger partial charge in [0.2, 0.25) is 0 Å². The highest BCUT2D eigenvalue weighted by molar-refractivity contribution is 5.91. The summed E-state index contributed by atoms with van der Waals surface area (Å²) in [5, 5.41) is 8.41. The summed E-state index contributed by atoms with van der Waals surface area (Å²) in [5.41, 5.74) is 0.925. The van der Waals surface area contributed by atoms with E-state index in [1.165, 1.54) is 18.6 Å². The number of hydrogen-bond acceptors (Lipinski definition) is 8. The number of ether oxygens (including phenoxy) is 3. The molecule has 0 spiro atoms. The van der Waals surface area contributed by atoms with Gasteiger partial charge in [-0.3, -0.25) is 9.59 Å². The smallest absolute Gasteiger partial charge is 0.361 e. The molecule has 2 aromatic rings. The summed E-state index contributed by atoms with van der Waals surface area (Å²) >= 11 is 0. The number of aromatic nitrogens is 3.